The molecule has 70 heavy (non-hydrogen) atoms. The van der Waals surface area contributed by atoms with Gasteiger partial charge in [0.05, 0.1) is 18.2 Å². The lowest BCUT2D eigenvalue weighted by Gasteiger charge is -2.33. The number of aromatic nitrogens is 4. The second-order valence-electron chi connectivity index (χ2n) is 15.8. The Hall–Kier alpha value is -9.74. The molecule has 1 aliphatic rings. The Labute approximate surface area is 403 Å². The number of ether oxygens (including phenoxy) is 4. The maximum Gasteiger partial charge on any atom is 0.266 e. The number of amides is 2. The summed E-state index contributed by atoms with van der Waals surface area (Å²) in [6.45, 7) is 4.79. The smallest absolute Gasteiger partial charge is 0.266 e. The van der Waals surface area contributed by atoms with Crippen LogP contribution in [0.3, 0.4) is 0 Å². The summed E-state index contributed by atoms with van der Waals surface area (Å²) >= 11 is 0. The number of anilines is 4. The monoisotopic (exact) mass is 931 g/mol. The fourth-order valence-electron chi connectivity index (χ4n) is 7.69. The molecule has 7 aromatic rings. The van der Waals surface area contributed by atoms with Crippen molar-refractivity contribution < 1.29 is 28.5 Å². The third-order valence-corrected chi connectivity index (χ3v) is 11.1. The number of nitrogens with zero attached hydrogens (tertiary/aromatic N) is 7. The summed E-state index contributed by atoms with van der Waals surface area (Å²) in [7, 11) is 1.62. The van der Waals surface area contributed by atoms with E-state index in [4.69, 9.17) is 35.7 Å². The molecule has 1 aliphatic heterocycles. The van der Waals surface area contributed by atoms with Gasteiger partial charge in [0.25, 0.3) is 11.8 Å². The number of carbonyl (C=O) groups excluding carboxylic acids is 2. The molecule has 2 aromatic heterocycles. The zero-order valence-electron chi connectivity index (χ0n) is 37.8. The molecule has 2 amide bonds. The topological polar surface area (TPSA) is 250 Å². The minimum Gasteiger partial charge on any atom is -0.496 e. The van der Waals surface area contributed by atoms with Crippen LogP contribution in [0.5, 0.6) is 34.6 Å². The normalized spacial score (nSPS) is 13.2. The van der Waals surface area contributed by atoms with Crippen molar-refractivity contribution in [1.82, 2.24) is 24.8 Å². The van der Waals surface area contributed by atoms with Crippen LogP contribution in [0, 0.1) is 22.7 Å². The van der Waals surface area contributed by atoms with Gasteiger partial charge < -0.3 is 45.9 Å². The van der Waals surface area contributed by atoms with Crippen molar-refractivity contribution in [3.63, 3.8) is 0 Å². The first-order valence-electron chi connectivity index (χ1n) is 21.9. The van der Waals surface area contributed by atoms with Crippen molar-refractivity contribution in [3.8, 4) is 69.0 Å². The van der Waals surface area contributed by atoms with Crippen molar-refractivity contribution in [2.45, 2.75) is 25.5 Å². The number of nitrogens with one attached hydrogen (secondary N) is 2. The molecule has 1 unspecified atom stereocenters. The molecule has 348 valence electrons. The van der Waals surface area contributed by atoms with Gasteiger partial charge in [-0.05, 0) is 90.2 Å². The number of piperidine rings is 1. The van der Waals surface area contributed by atoms with Crippen molar-refractivity contribution in [2.24, 2.45) is 0 Å². The number of methoxy groups -OCH3 is 1. The summed E-state index contributed by atoms with van der Waals surface area (Å²) in [4.78, 5) is 44.9. The van der Waals surface area contributed by atoms with Crippen molar-refractivity contribution in [3.05, 3.63) is 163 Å². The number of rotatable bonds is 16. The van der Waals surface area contributed by atoms with Crippen LogP contribution >= 0.6 is 0 Å². The lowest BCUT2D eigenvalue weighted by molar-refractivity contribution is -0.127. The lowest BCUT2D eigenvalue weighted by atomic mass is 10.0. The number of nitrogen functional groups attached to an aromatic ring is 2. The molecule has 0 bridgehead atoms. The fraction of sp³-hybridized carbons (Fsp3) is 0.132. The van der Waals surface area contributed by atoms with E-state index in [1.807, 2.05) is 72.8 Å². The van der Waals surface area contributed by atoms with Gasteiger partial charge in [-0.2, -0.15) is 10.5 Å². The third-order valence-electron chi connectivity index (χ3n) is 11.1. The van der Waals surface area contributed by atoms with Crippen LogP contribution in [-0.2, 0) is 16.2 Å². The molecule has 5 aromatic carbocycles. The van der Waals surface area contributed by atoms with Crippen molar-refractivity contribution >= 4 is 41.0 Å². The van der Waals surface area contributed by atoms with Crippen LogP contribution in [0.15, 0.2) is 152 Å². The Bertz CT molecular complexity index is 3180. The minimum atomic E-state index is -0.640. The molecule has 3 heterocycles. The highest BCUT2D eigenvalue weighted by Crippen LogP contribution is 2.37. The van der Waals surface area contributed by atoms with Gasteiger partial charge in [0.2, 0.25) is 5.88 Å². The zero-order valence-corrected chi connectivity index (χ0v) is 37.8. The summed E-state index contributed by atoms with van der Waals surface area (Å²) in [5, 5.41) is 25.4. The predicted molar refractivity (Wildman–Crippen MR) is 264 cm³/mol. The molecule has 0 saturated carbocycles. The Balaban J connectivity index is 0.902. The molecule has 1 saturated heterocycles. The first kappa shape index (κ1) is 46.8. The number of likely N-dealkylation sites (tertiary alicyclic amines) is 1. The SMILES string of the molecule is C=C(C#N)C(=O)N1CCCC(Nc2ncnc(N)c2-c2ccc(Oc3cccc(/C=C(\C#N)C(=O)Nc4cccc(Oc5ncnc(N)c5-c5ccc(OCc6ccccc6OC)cc5)c4)c3)cc2)C1. The van der Waals surface area contributed by atoms with Gasteiger partial charge in [-0.25, -0.2) is 19.9 Å². The summed E-state index contributed by atoms with van der Waals surface area (Å²) in [6, 6.07) is 39.4. The molecule has 0 spiro atoms. The van der Waals surface area contributed by atoms with E-state index in [0.29, 0.717) is 76.5 Å². The molecule has 6 N–H and O–H groups in total. The summed E-state index contributed by atoms with van der Waals surface area (Å²) < 4.78 is 23.8. The van der Waals surface area contributed by atoms with Crippen LogP contribution in [0.1, 0.15) is 24.0 Å². The van der Waals surface area contributed by atoms with Crippen molar-refractivity contribution in [2.75, 3.05) is 42.3 Å². The zero-order chi connectivity index (χ0) is 49.0. The van der Waals surface area contributed by atoms with E-state index < -0.39 is 5.91 Å². The first-order chi connectivity index (χ1) is 34.1. The van der Waals surface area contributed by atoms with E-state index in [1.54, 1.807) is 72.7 Å². The number of carbonyl (C=O) groups is 2. The number of nitriles is 2. The van der Waals surface area contributed by atoms with Gasteiger partial charge in [-0.1, -0.05) is 67.2 Å². The van der Waals surface area contributed by atoms with E-state index in [9.17, 15) is 14.9 Å². The number of benzene rings is 5. The summed E-state index contributed by atoms with van der Waals surface area (Å²) in [6.07, 6.45) is 5.66. The molecule has 0 aliphatic carbocycles. The predicted octanol–water partition coefficient (Wildman–Crippen LogP) is 8.97. The largest absolute Gasteiger partial charge is 0.496 e. The van der Waals surface area contributed by atoms with Gasteiger partial charge in [-0.3, -0.25) is 9.59 Å². The standard InChI is InChI=1S/C53H45N11O6/c1-33(27-54)53(66)64-23-7-11-40(29-64)62-50-46(48(56)58-31-60-50)35-17-21-42(22-18-35)69-43-12-5-8-34(25-43)24-38(28-55)51(65)63-39-10-6-13-44(26-39)70-52-47(49(57)59-32-61-52)36-15-19-41(20-16-36)68-30-37-9-3-4-14-45(37)67-2/h3-6,8-10,12-22,24-26,31-32,40H,1,7,11,23,29-30H2,2H3,(H,63,65)(H2,57,59,61)(H3,56,58,60,62)/b38-24+. The van der Waals surface area contributed by atoms with Crippen LogP contribution in [0.2, 0.25) is 0 Å². The van der Waals surface area contributed by atoms with Crippen molar-refractivity contribution in [1.29, 1.82) is 10.5 Å². The first-order valence-corrected chi connectivity index (χ1v) is 21.9. The highest BCUT2D eigenvalue weighted by molar-refractivity contribution is 6.09. The Morgan fingerprint density at radius 1 is 0.786 bits per heavy atom. The van der Waals surface area contributed by atoms with E-state index in [-0.39, 0.29) is 40.6 Å². The second-order valence-corrected chi connectivity index (χ2v) is 15.8. The second kappa shape index (κ2) is 21.7. The molecular weight excluding hydrogens is 887 g/mol. The number of hydrogen-bond donors (Lipinski definition) is 4. The maximum absolute atomic E-state index is 13.5. The van der Waals surface area contributed by atoms with E-state index >= 15 is 0 Å². The van der Waals surface area contributed by atoms with E-state index in [0.717, 1.165) is 29.7 Å². The lowest BCUT2D eigenvalue weighted by Crippen LogP contribution is -2.45. The Morgan fingerprint density at radius 2 is 1.47 bits per heavy atom. The number of nitrogens with two attached hydrogens (primary N) is 2. The molecule has 0 radical (unpaired) electrons. The molecule has 1 fully saturated rings. The molecule has 1 atom stereocenters. The van der Waals surface area contributed by atoms with Crippen LogP contribution in [-0.4, -0.2) is 62.9 Å². The quantitative estimate of drug-likeness (QED) is 0.0521. The van der Waals surface area contributed by atoms with Gasteiger partial charge in [0.1, 0.15) is 88.7 Å². The summed E-state index contributed by atoms with van der Waals surface area (Å²) in [5.74, 6) is 2.82. The Morgan fingerprint density at radius 3 is 2.21 bits per heavy atom. The van der Waals surface area contributed by atoms with Gasteiger partial charge >= 0.3 is 0 Å². The number of para-hydroxylation sites is 1. The molecule has 17 nitrogen and oxygen atoms in total. The average Bonchev–Trinajstić information content (AvgIpc) is 3.38. The fourth-order valence-corrected chi connectivity index (χ4v) is 7.69. The highest BCUT2D eigenvalue weighted by Gasteiger charge is 2.27. The van der Waals surface area contributed by atoms with Crippen LogP contribution in [0.25, 0.3) is 28.3 Å². The van der Waals surface area contributed by atoms with Gasteiger partial charge in [-0.15, -0.1) is 0 Å². The van der Waals surface area contributed by atoms with E-state index in [1.165, 1.54) is 18.7 Å². The summed E-state index contributed by atoms with van der Waals surface area (Å²) in [5.41, 5.74) is 16.7. The highest BCUT2D eigenvalue weighted by atomic mass is 16.5. The molecular formula is C53H45N11O6. The Kier molecular flexibility index (Phi) is 14.5. The third kappa shape index (κ3) is 11.3. The molecule has 17 heteroatoms. The number of hydrogen-bond acceptors (Lipinski definition) is 15. The average molecular weight is 932 g/mol. The maximum atomic E-state index is 13.5. The molecule has 8 rings (SSSR count). The minimum absolute atomic E-state index is 0.103. The van der Waals surface area contributed by atoms with Gasteiger partial charge in [0.15, 0.2) is 0 Å². The van der Waals surface area contributed by atoms with Gasteiger partial charge in [0, 0.05) is 36.4 Å². The van der Waals surface area contributed by atoms with E-state index in [2.05, 4.69) is 37.1 Å². The van der Waals surface area contributed by atoms with Crippen LogP contribution in [0.4, 0.5) is 23.1 Å². The van der Waals surface area contributed by atoms with Crippen LogP contribution < -0.4 is 41.0 Å².